The molecule has 1 heterocycles. The molecule has 0 aromatic heterocycles. The van der Waals surface area contributed by atoms with Crippen LogP contribution in [0.15, 0.2) is 60.7 Å². The monoisotopic (exact) mass is 354 g/mol. The van der Waals surface area contributed by atoms with Gasteiger partial charge in [0.2, 0.25) is 0 Å². The van der Waals surface area contributed by atoms with E-state index in [0.717, 1.165) is 6.42 Å². The number of nitrogens with one attached hydrogen (secondary N) is 1. The van der Waals surface area contributed by atoms with Gasteiger partial charge in [-0.15, -0.1) is 0 Å². The molecule has 2 aromatic carbocycles. The Morgan fingerprint density at radius 2 is 1.54 bits per heavy atom. The molecule has 0 fully saturated rings. The molecule has 3 rings (SSSR count). The summed E-state index contributed by atoms with van der Waals surface area (Å²) in [7, 11) is 4.19. The van der Waals surface area contributed by atoms with E-state index in [1.165, 1.54) is 22.5 Å². The molecule has 0 spiro atoms. The number of rotatable bonds is 3. The SMILES string of the molecule is CNC1Cc2ccccc2N(C)c2ccccc21.O=C(O)/C=C/C(=O)O. The van der Waals surface area contributed by atoms with Crippen molar-refractivity contribution < 1.29 is 19.8 Å². The molecular weight excluding hydrogens is 332 g/mol. The Labute approximate surface area is 152 Å². The first kappa shape index (κ1) is 19.2. The maximum Gasteiger partial charge on any atom is 0.328 e. The van der Waals surface area contributed by atoms with Crippen LogP contribution in [0.3, 0.4) is 0 Å². The van der Waals surface area contributed by atoms with E-state index in [0.29, 0.717) is 18.2 Å². The third-order valence-electron chi connectivity index (χ3n) is 4.17. The molecule has 0 amide bonds. The topological polar surface area (TPSA) is 89.9 Å². The fraction of sp³-hybridized carbons (Fsp3) is 0.200. The van der Waals surface area contributed by atoms with Gasteiger partial charge in [-0.25, -0.2) is 9.59 Å². The molecule has 0 saturated carbocycles. The lowest BCUT2D eigenvalue weighted by Crippen LogP contribution is -2.18. The van der Waals surface area contributed by atoms with Gasteiger partial charge >= 0.3 is 11.9 Å². The molecular formula is C20H22N2O4. The molecule has 6 nitrogen and oxygen atoms in total. The Hall–Kier alpha value is -3.12. The zero-order valence-electron chi connectivity index (χ0n) is 14.7. The number of para-hydroxylation sites is 2. The van der Waals surface area contributed by atoms with Crippen LogP contribution in [0.25, 0.3) is 0 Å². The lowest BCUT2D eigenvalue weighted by atomic mass is 9.99. The minimum atomic E-state index is -1.26. The van der Waals surface area contributed by atoms with Gasteiger partial charge in [-0.1, -0.05) is 36.4 Å². The molecule has 0 radical (unpaired) electrons. The molecule has 26 heavy (non-hydrogen) atoms. The Balaban J connectivity index is 0.000000260. The number of hydrogen-bond acceptors (Lipinski definition) is 4. The van der Waals surface area contributed by atoms with E-state index in [4.69, 9.17) is 10.2 Å². The molecule has 6 heteroatoms. The minimum Gasteiger partial charge on any atom is -0.478 e. The van der Waals surface area contributed by atoms with Crippen LogP contribution in [0.1, 0.15) is 17.2 Å². The highest BCUT2D eigenvalue weighted by Gasteiger charge is 2.23. The molecule has 2 aromatic rings. The summed E-state index contributed by atoms with van der Waals surface area (Å²) in [6.07, 6.45) is 2.15. The molecule has 3 N–H and O–H groups in total. The van der Waals surface area contributed by atoms with E-state index in [1.807, 2.05) is 7.05 Å². The van der Waals surface area contributed by atoms with Crippen LogP contribution in [0.2, 0.25) is 0 Å². The van der Waals surface area contributed by atoms with Crippen LogP contribution in [0.4, 0.5) is 11.4 Å². The second-order valence-corrected chi connectivity index (χ2v) is 5.80. The molecule has 0 bridgehead atoms. The van der Waals surface area contributed by atoms with Gasteiger partial charge < -0.3 is 20.4 Å². The summed E-state index contributed by atoms with van der Waals surface area (Å²) in [5, 5.41) is 19.1. The van der Waals surface area contributed by atoms with Gasteiger partial charge in [0, 0.05) is 36.6 Å². The largest absolute Gasteiger partial charge is 0.478 e. The Bertz CT molecular complexity index is 801. The van der Waals surface area contributed by atoms with Gasteiger partial charge in [-0.3, -0.25) is 0 Å². The number of hydrogen-bond donors (Lipinski definition) is 3. The maximum atomic E-state index is 9.55. The summed E-state index contributed by atoms with van der Waals surface area (Å²) in [6, 6.07) is 17.7. The summed E-state index contributed by atoms with van der Waals surface area (Å²) in [5.41, 5.74) is 5.37. The maximum absolute atomic E-state index is 9.55. The molecule has 0 saturated heterocycles. The van der Waals surface area contributed by atoms with Crippen LogP contribution in [-0.2, 0) is 16.0 Å². The number of likely N-dealkylation sites (N-methyl/N-ethyl adjacent to an activating group) is 1. The summed E-state index contributed by atoms with van der Waals surface area (Å²) in [6.45, 7) is 0. The highest BCUT2D eigenvalue weighted by Crippen LogP contribution is 2.38. The van der Waals surface area contributed by atoms with E-state index < -0.39 is 11.9 Å². The number of carboxylic acid groups (broad SMARTS) is 2. The van der Waals surface area contributed by atoms with Gasteiger partial charge in [-0.05, 0) is 36.7 Å². The Morgan fingerprint density at radius 1 is 1.00 bits per heavy atom. The van der Waals surface area contributed by atoms with Crippen molar-refractivity contribution in [3.05, 3.63) is 71.8 Å². The average Bonchev–Trinajstić information content (AvgIpc) is 2.76. The number of fused-ring (bicyclic) bond motifs is 2. The van der Waals surface area contributed by atoms with E-state index >= 15 is 0 Å². The summed E-state index contributed by atoms with van der Waals surface area (Å²) in [5.74, 6) is -2.51. The number of nitrogens with zero attached hydrogens (tertiary/aromatic N) is 1. The van der Waals surface area contributed by atoms with Crippen molar-refractivity contribution >= 4 is 23.3 Å². The first-order valence-electron chi connectivity index (χ1n) is 8.15. The first-order chi connectivity index (χ1) is 12.4. The van der Waals surface area contributed by atoms with Gasteiger partial charge in [0.05, 0.1) is 0 Å². The van der Waals surface area contributed by atoms with Gasteiger partial charge in [0.1, 0.15) is 0 Å². The van der Waals surface area contributed by atoms with Gasteiger partial charge in [0.25, 0.3) is 0 Å². The van der Waals surface area contributed by atoms with Crippen molar-refractivity contribution in [3.63, 3.8) is 0 Å². The van der Waals surface area contributed by atoms with E-state index in [9.17, 15) is 9.59 Å². The van der Waals surface area contributed by atoms with Crippen LogP contribution >= 0.6 is 0 Å². The third-order valence-corrected chi connectivity index (χ3v) is 4.17. The van der Waals surface area contributed by atoms with Gasteiger partial charge in [0.15, 0.2) is 0 Å². The number of carbonyl (C=O) groups is 2. The average molecular weight is 354 g/mol. The predicted molar refractivity (Wildman–Crippen MR) is 101 cm³/mol. The van der Waals surface area contributed by atoms with Crippen molar-refractivity contribution in [2.24, 2.45) is 0 Å². The fourth-order valence-corrected chi connectivity index (χ4v) is 2.96. The van der Waals surface area contributed by atoms with Crippen LogP contribution in [0.5, 0.6) is 0 Å². The highest BCUT2D eigenvalue weighted by atomic mass is 16.4. The van der Waals surface area contributed by atoms with Crippen LogP contribution in [-0.4, -0.2) is 36.2 Å². The highest BCUT2D eigenvalue weighted by molar-refractivity contribution is 5.89. The summed E-state index contributed by atoms with van der Waals surface area (Å²) >= 11 is 0. The van der Waals surface area contributed by atoms with Crippen molar-refractivity contribution in [3.8, 4) is 0 Å². The fourth-order valence-electron chi connectivity index (χ4n) is 2.96. The lowest BCUT2D eigenvalue weighted by Gasteiger charge is -2.22. The molecule has 0 aliphatic carbocycles. The van der Waals surface area contributed by atoms with E-state index in [-0.39, 0.29) is 0 Å². The zero-order valence-corrected chi connectivity index (χ0v) is 14.7. The second kappa shape index (κ2) is 8.82. The molecule has 1 aliphatic heterocycles. The lowest BCUT2D eigenvalue weighted by molar-refractivity contribution is -0.134. The minimum absolute atomic E-state index is 0.382. The first-order valence-corrected chi connectivity index (χ1v) is 8.15. The van der Waals surface area contributed by atoms with E-state index in [2.05, 4.69) is 65.8 Å². The molecule has 1 atom stereocenters. The Morgan fingerprint density at radius 3 is 2.12 bits per heavy atom. The quantitative estimate of drug-likeness (QED) is 0.734. The summed E-state index contributed by atoms with van der Waals surface area (Å²) < 4.78 is 0. The van der Waals surface area contributed by atoms with Crippen molar-refractivity contribution in [2.45, 2.75) is 12.5 Å². The molecule has 1 unspecified atom stereocenters. The van der Waals surface area contributed by atoms with Crippen LogP contribution in [0, 0.1) is 0 Å². The molecule has 1 aliphatic rings. The van der Waals surface area contributed by atoms with Crippen molar-refractivity contribution in [1.29, 1.82) is 0 Å². The number of anilines is 2. The van der Waals surface area contributed by atoms with Gasteiger partial charge in [-0.2, -0.15) is 0 Å². The summed E-state index contributed by atoms with van der Waals surface area (Å²) in [4.78, 5) is 21.4. The normalized spacial score (nSPS) is 15.3. The van der Waals surface area contributed by atoms with Crippen molar-refractivity contribution in [2.75, 3.05) is 19.0 Å². The number of aliphatic carboxylic acids is 2. The number of benzene rings is 2. The van der Waals surface area contributed by atoms with Crippen LogP contribution < -0.4 is 10.2 Å². The molecule has 136 valence electrons. The standard InChI is InChI=1S/C16H18N2.C4H4O4/c1-17-14-11-12-7-3-5-9-15(12)18(2)16-10-6-4-8-13(14)16;5-3(6)1-2-4(7)8/h3-10,14,17H,11H2,1-2H3;1-2H,(H,5,6)(H,7,8)/b;2-1+. The number of carboxylic acids is 2. The predicted octanol–water partition coefficient (Wildman–Crippen LogP) is 2.98. The van der Waals surface area contributed by atoms with Crippen molar-refractivity contribution in [1.82, 2.24) is 5.32 Å². The van der Waals surface area contributed by atoms with E-state index in [1.54, 1.807) is 0 Å². The smallest absolute Gasteiger partial charge is 0.328 e. The Kier molecular flexibility index (Phi) is 6.52. The third kappa shape index (κ3) is 4.70. The second-order valence-electron chi connectivity index (χ2n) is 5.80. The zero-order chi connectivity index (χ0) is 19.1.